The van der Waals surface area contributed by atoms with E-state index in [1.54, 1.807) is 12.3 Å². The Morgan fingerprint density at radius 1 is 1.50 bits per heavy atom. The molecule has 116 valence electrons. The van der Waals surface area contributed by atoms with E-state index < -0.39 is 0 Å². The second-order valence-electron chi connectivity index (χ2n) is 5.39. The molecule has 6 heteroatoms. The lowest BCUT2D eigenvalue weighted by atomic mass is 10.0. The zero-order valence-electron chi connectivity index (χ0n) is 12.1. The molecule has 1 atom stereocenters. The first kappa shape index (κ1) is 14.7. The number of halogens is 1. The van der Waals surface area contributed by atoms with Crippen LogP contribution in [0.25, 0.3) is 0 Å². The van der Waals surface area contributed by atoms with E-state index in [4.69, 9.17) is 4.74 Å². The van der Waals surface area contributed by atoms with Gasteiger partial charge in [0.15, 0.2) is 0 Å². The van der Waals surface area contributed by atoms with Gasteiger partial charge < -0.3 is 10.1 Å². The van der Waals surface area contributed by atoms with Crippen LogP contribution in [0.4, 0.5) is 4.39 Å². The van der Waals surface area contributed by atoms with Crippen molar-refractivity contribution in [2.24, 2.45) is 0 Å². The predicted molar refractivity (Wildman–Crippen MR) is 79.2 cm³/mol. The molecule has 2 N–H and O–H groups in total. The molecule has 2 aromatic rings. The van der Waals surface area contributed by atoms with E-state index in [1.807, 2.05) is 6.07 Å². The van der Waals surface area contributed by atoms with Crippen molar-refractivity contribution in [3.63, 3.8) is 0 Å². The standard InChI is InChI=1S/C16H18FN3O2/c17-13-3-1-2-11(8-13)4-6-18-16(21)14-9-19-20-15(14)12-5-7-22-10-12/h1-3,8-9,12H,4-7,10H2,(H,18,21)(H,19,20)/t12-/m1/s1. The number of ether oxygens (including phenoxy) is 1. The molecular formula is C16H18FN3O2. The molecule has 1 amide bonds. The Labute approximate surface area is 127 Å². The average molecular weight is 303 g/mol. The normalized spacial score (nSPS) is 17.6. The molecule has 1 aliphatic rings. The zero-order chi connectivity index (χ0) is 15.4. The molecule has 0 radical (unpaired) electrons. The highest BCUT2D eigenvalue weighted by atomic mass is 19.1. The topological polar surface area (TPSA) is 67.0 Å². The van der Waals surface area contributed by atoms with Crippen LogP contribution in [0.3, 0.4) is 0 Å². The number of benzene rings is 1. The molecule has 0 spiro atoms. The Kier molecular flexibility index (Phi) is 4.48. The van der Waals surface area contributed by atoms with E-state index in [9.17, 15) is 9.18 Å². The molecule has 1 saturated heterocycles. The van der Waals surface area contributed by atoms with Crippen LogP contribution in [0.2, 0.25) is 0 Å². The lowest BCUT2D eigenvalue weighted by Gasteiger charge is -2.09. The first-order valence-corrected chi connectivity index (χ1v) is 7.37. The number of amides is 1. The summed E-state index contributed by atoms with van der Waals surface area (Å²) >= 11 is 0. The van der Waals surface area contributed by atoms with Crippen LogP contribution < -0.4 is 5.32 Å². The number of hydrogen-bond acceptors (Lipinski definition) is 3. The fraction of sp³-hybridized carbons (Fsp3) is 0.375. The van der Waals surface area contributed by atoms with Gasteiger partial charge in [0.2, 0.25) is 0 Å². The summed E-state index contributed by atoms with van der Waals surface area (Å²) in [5.74, 6) is -0.222. The number of aromatic amines is 1. The molecule has 3 rings (SSSR count). The monoisotopic (exact) mass is 303 g/mol. The lowest BCUT2D eigenvalue weighted by molar-refractivity contribution is 0.0952. The number of hydrogen-bond donors (Lipinski definition) is 2. The van der Waals surface area contributed by atoms with E-state index in [0.29, 0.717) is 31.7 Å². The fourth-order valence-electron chi connectivity index (χ4n) is 2.66. The van der Waals surface area contributed by atoms with E-state index in [1.165, 1.54) is 12.1 Å². The van der Waals surface area contributed by atoms with E-state index in [-0.39, 0.29) is 17.6 Å². The van der Waals surface area contributed by atoms with Gasteiger partial charge in [0.05, 0.1) is 24.1 Å². The van der Waals surface area contributed by atoms with Gasteiger partial charge in [0.25, 0.3) is 5.91 Å². The highest BCUT2D eigenvalue weighted by Gasteiger charge is 2.24. The van der Waals surface area contributed by atoms with Crippen molar-refractivity contribution in [1.82, 2.24) is 15.5 Å². The minimum absolute atomic E-state index is 0.160. The first-order chi connectivity index (χ1) is 10.7. The van der Waals surface area contributed by atoms with Gasteiger partial charge in [-0.15, -0.1) is 0 Å². The first-order valence-electron chi connectivity index (χ1n) is 7.37. The Balaban J connectivity index is 1.57. The van der Waals surface area contributed by atoms with Gasteiger partial charge in [0, 0.05) is 19.1 Å². The largest absolute Gasteiger partial charge is 0.381 e. The molecule has 0 saturated carbocycles. The summed E-state index contributed by atoms with van der Waals surface area (Å²) in [6, 6.07) is 6.39. The summed E-state index contributed by atoms with van der Waals surface area (Å²) in [4.78, 5) is 12.3. The third kappa shape index (κ3) is 3.33. The van der Waals surface area contributed by atoms with Gasteiger partial charge in [-0.1, -0.05) is 12.1 Å². The van der Waals surface area contributed by atoms with Gasteiger partial charge in [0.1, 0.15) is 5.82 Å². The van der Waals surface area contributed by atoms with Gasteiger partial charge in [-0.05, 0) is 30.5 Å². The maximum absolute atomic E-state index is 13.1. The van der Waals surface area contributed by atoms with Crippen LogP contribution in [0.15, 0.2) is 30.5 Å². The van der Waals surface area contributed by atoms with E-state index in [0.717, 1.165) is 17.7 Å². The third-order valence-corrected chi connectivity index (χ3v) is 3.84. The summed E-state index contributed by atoms with van der Waals surface area (Å²) in [7, 11) is 0. The molecule has 0 aliphatic carbocycles. The van der Waals surface area contributed by atoms with Crippen LogP contribution in [0, 0.1) is 5.82 Å². The Hall–Kier alpha value is -2.21. The molecule has 1 aliphatic heterocycles. The van der Waals surface area contributed by atoms with Crippen molar-refractivity contribution in [3.05, 3.63) is 53.1 Å². The number of aromatic nitrogens is 2. The van der Waals surface area contributed by atoms with Gasteiger partial charge in [-0.2, -0.15) is 5.10 Å². The maximum Gasteiger partial charge on any atom is 0.254 e. The maximum atomic E-state index is 13.1. The average Bonchev–Trinajstić information content (AvgIpc) is 3.18. The van der Waals surface area contributed by atoms with Crippen molar-refractivity contribution in [1.29, 1.82) is 0 Å². The predicted octanol–water partition coefficient (Wildman–Crippen LogP) is 2.03. The fourth-order valence-corrected chi connectivity index (χ4v) is 2.66. The number of nitrogens with one attached hydrogen (secondary N) is 2. The van der Waals surface area contributed by atoms with Crippen molar-refractivity contribution >= 4 is 5.91 Å². The zero-order valence-corrected chi connectivity index (χ0v) is 12.1. The van der Waals surface area contributed by atoms with Crippen molar-refractivity contribution < 1.29 is 13.9 Å². The van der Waals surface area contributed by atoms with E-state index >= 15 is 0 Å². The molecule has 2 heterocycles. The molecule has 0 bridgehead atoms. The molecule has 5 nitrogen and oxygen atoms in total. The number of H-pyrrole nitrogens is 1. The molecule has 1 aromatic carbocycles. The summed E-state index contributed by atoms with van der Waals surface area (Å²) in [6.07, 6.45) is 3.03. The SMILES string of the molecule is O=C(NCCc1cccc(F)c1)c1cn[nH]c1[C@@H]1CCOC1. The van der Waals surface area contributed by atoms with Gasteiger partial charge in [-0.3, -0.25) is 9.89 Å². The number of rotatable bonds is 5. The summed E-state index contributed by atoms with van der Waals surface area (Å²) in [6.45, 7) is 1.78. The molecule has 22 heavy (non-hydrogen) atoms. The van der Waals surface area contributed by atoms with Crippen LogP contribution >= 0.6 is 0 Å². The van der Waals surface area contributed by atoms with Crippen molar-refractivity contribution in [3.8, 4) is 0 Å². The Morgan fingerprint density at radius 3 is 3.18 bits per heavy atom. The summed E-state index contributed by atoms with van der Waals surface area (Å²) in [5.41, 5.74) is 2.26. The van der Waals surface area contributed by atoms with Crippen molar-refractivity contribution in [2.45, 2.75) is 18.8 Å². The van der Waals surface area contributed by atoms with E-state index in [2.05, 4.69) is 15.5 Å². The van der Waals surface area contributed by atoms with Crippen molar-refractivity contribution in [2.75, 3.05) is 19.8 Å². The molecule has 1 fully saturated rings. The van der Waals surface area contributed by atoms with Crippen LogP contribution in [-0.2, 0) is 11.2 Å². The Bertz CT molecular complexity index is 650. The Morgan fingerprint density at radius 2 is 2.41 bits per heavy atom. The second kappa shape index (κ2) is 6.70. The summed E-state index contributed by atoms with van der Waals surface area (Å²) in [5, 5.41) is 9.73. The highest BCUT2D eigenvalue weighted by Crippen LogP contribution is 2.25. The van der Waals surface area contributed by atoms with Gasteiger partial charge >= 0.3 is 0 Å². The van der Waals surface area contributed by atoms with Crippen LogP contribution in [-0.4, -0.2) is 35.9 Å². The minimum atomic E-state index is -0.262. The minimum Gasteiger partial charge on any atom is -0.381 e. The molecule has 0 unspecified atom stereocenters. The number of carbonyl (C=O) groups excluding carboxylic acids is 1. The lowest BCUT2D eigenvalue weighted by Crippen LogP contribution is -2.26. The van der Waals surface area contributed by atoms with Crippen LogP contribution in [0.5, 0.6) is 0 Å². The quantitative estimate of drug-likeness (QED) is 0.888. The third-order valence-electron chi connectivity index (χ3n) is 3.84. The molecular weight excluding hydrogens is 285 g/mol. The highest BCUT2D eigenvalue weighted by molar-refractivity contribution is 5.95. The number of nitrogens with zero attached hydrogens (tertiary/aromatic N) is 1. The van der Waals surface area contributed by atoms with Crippen LogP contribution in [0.1, 0.15) is 34.0 Å². The number of carbonyl (C=O) groups is 1. The molecule has 1 aromatic heterocycles. The smallest absolute Gasteiger partial charge is 0.254 e. The summed E-state index contributed by atoms with van der Waals surface area (Å²) < 4.78 is 18.4. The second-order valence-corrected chi connectivity index (χ2v) is 5.39. The van der Waals surface area contributed by atoms with Gasteiger partial charge in [-0.25, -0.2) is 4.39 Å².